The van der Waals surface area contributed by atoms with Crippen LogP contribution in [0, 0.1) is 0 Å². The third kappa shape index (κ3) is 5.16. The maximum Gasteiger partial charge on any atom is 0.332 e. The lowest BCUT2D eigenvalue weighted by Gasteiger charge is -2.32. The summed E-state index contributed by atoms with van der Waals surface area (Å²) >= 11 is 0. The molecular formula is C27H38N6O3. The number of carbonyl (C=O) groups excluding carboxylic acids is 1. The van der Waals surface area contributed by atoms with Crippen molar-refractivity contribution in [1.82, 2.24) is 28.5 Å². The van der Waals surface area contributed by atoms with Crippen molar-refractivity contribution in [3.63, 3.8) is 0 Å². The topological polar surface area (TPSA) is 85.4 Å². The van der Waals surface area contributed by atoms with Crippen molar-refractivity contribution in [3.05, 3.63) is 62.6 Å². The van der Waals surface area contributed by atoms with Crippen molar-refractivity contribution in [2.24, 2.45) is 0 Å². The molecule has 3 aromatic rings. The van der Waals surface area contributed by atoms with Gasteiger partial charge >= 0.3 is 5.69 Å². The van der Waals surface area contributed by atoms with Crippen LogP contribution in [0.1, 0.15) is 51.9 Å². The summed E-state index contributed by atoms with van der Waals surface area (Å²) in [5.74, 6) is 0.766. The fourth-order valence-corrected chi connectivity index (χ4v) is 4.83. The zero-order valence-corrected chi connectivity index (χ0v) is 22.2. The average Bonchev–Trinajstić information content (AvgIpc) is 3.22. The van der Waals surface area contributed by atoms with E-state index in [0.29, 0.717) is 43.8 Å². The van der Waals surface area contributed by atoms with Crippen LogP contribution in [0.3, 0.4) is 0 Å². The number of imidazole rings is 1. The monoisotopic (exact) mass is 494 g/mol. The molecule has 36 heavy (non-hydrogen) atoms. The van der Waals surface area contributed by atoms with E-state index in [1.54, 1.807) is 0 Å². The molecule has 1 fully saturated rings. The number of hydrogen-bond donors (Lipinski definition) is 0. The third-order valence-corrected chi connectivity index (χ3v) is 6.82. The Bertz CT molecular complexity index is 1340. The van der Waals surface area contributed by atoms with Gasteiger partial charge in [-0.2, -0.15) is 0 Å². The number of aryl methyl sites for hydroxylation is 1. The molecule has 0 atom stereocenters. The van der Waals surface area contributed by atoms with Gasteiger partial charge in [-0.15, -0.1) is 0 Å². The highest BCUT2D eigenvalue weighted by Crippen LogP contribution is 2.26. The minimum atomic E-state index is -0.398. The molecule has 2 aromatic heterocycles. The van der Waals surface area contributed by atoms with Gasteiger partial charge in [0.2, 0.25) is 5.91 Å². The second-order valence-corrected chi connectivity index (χ2v) is 10.8. The molecule has 0 aliphatic carbocycles. The Balaban J connectivity index is 1.82. The zero-order chi connectivity index (χ0) is 26.0. The molecule has 3 heterocycles. The van der Waals surface area contributed by atoms with Gasteiger partial charge in [0.25, 0.3) is 5.56 Å². The van der Waals surface area contributed by atoms with E-state index in [1.807, 2.05) is 53.8 Å². The molecule has 0 spiro atoms. The van der Waals surface area contributed by atoms with E-state index < -0.39 is 5.69 Å². The van der Waals surface area contributed by atoms with Crippen LogP contribution < -0.4 is 11.2 Å². The molecule has 9 nitrogen and oxygen atoms in total. The molecule has 194 valence electrons. The number of fused-ring (bicyclic) bond motifs is 1. The predicted molar refractivity (Wildman–Crippen MR) is 141 cm³/mol. The average molecular weight is 495 g/mol. The molecule has 1 amide bonds. The third-order valence-electron chi connectivity index (χ3n) is 6.82. The SMILES string of the molecule is CCCn1c(=O)c2c(nc(C(C)(C)C)n2Cc2ccccc2)n(CCC(=O)N2CCN(C)CC2)c1=O. The standard InChI is InChI=1S/C27H38N6O3/c1-6-13-32-24(35)22-23(28-25(27(2,3)4)33(22)19-20-10-8-7-9-11-20)31(26(32)36)14-12-21(34)30-17-15-29(5)16-18-30/h7-11H,6,12-19H2,1-5H3. The van der Waals surface area contributed by atoms with Gasteiger partial charge in [0.05, 0.1) is 0 Å². The van der Waals surface area contributed by atoms with E-state index in [0.717, 1.165) is 24.5 Å². The first-order valence-electron chi connectivity index (χ1n) is 12.9. The van der Waals surface area contributed by atoms with Gasteiger partial charge < -0.3 is 14.4 Å². The zero-order valence-electron chi connectivity index (χ0n) is 22.2. The van der Waals surface area contributed by atoms with Crippen molar-refractivity contribution < 1.29 is 4.79 Å². The minimum Gasteiger partial charge on any atom is -0.340 e. The van der Waals surface area contributed by atoms with E-state index in [9.17, 15) is 14.4 Å². The fourth-order valence-electron chi connectivity index (χ4n) is 4.83. The van der Waals surface area contributed by atoms with Crippen LogP contribution in [0.25, 0.3) is 11.2 Å². The molecule has 1 aliphatic rings. The van der Waals surface area contributed by atoms with Crippen molar-refractivity contribution >= 4 is 17.1 Å². The highest BCUT2D eigenvalue weighted by atomic mass is 16.2. The molecule has 0 N–H and O–H groups in total. The lowest BCUT2D eigenvalue weighted by atomic mass is 9.95. The van der Waals surface area contributed by atoms with E-state index in [1.165, 1.54) is 9.13 Å². The molecule has 4 rings (SSSR count). The molecule has 1 saturated heterocycles. The number of amides is 1. The van der Waals surface area contributed by atoms with Crippen molar-refractivity contribution in [2.75, 3.05) is 33.2 Å². The van der Waals surface area contributed by atoms with E-state index >= 15 is 0 Å². The lowest BCUT2D eigenvalue weighted by molar-refractivity contribution is -0.133. The molecule has 9 heteroatoms. The van der Waals surface area contributed by atoms with E-state index in [2.05, 4.69) is 25.7 Å². The Kier molecular flexibility index (Phi) is 7.49. The Labute approximate surface area is 212 Å². The van der Waals surface area contributed by atoms with Gasteiger partial charge in [0.15, 0.2) is 11.2 Å². The van der Waals surface area contributed by atoms with Gasteiger partial charge in [-0.1, -0.05) is 58.0 Å². The summed E-state index contributed by atoms with van der Waals surface area (Å²) in [4.78, 5) is 49.1. The van der Waals surface area contributed by atoms with E-state index in [4.69, 9.17) is 4.98 Å². The maximum absolute atomic E-state index is 13.7. The number of nitrogens with zero attached hydrogens (tertiary/aromatic N) is 6. The molecular weight excluding hydrogens is 456 g/mol. The molecule has 0 unspecified atom stereocenters. The van der Waals surface area contributed by atoms with Crippen LogP contribution in [0.4, 0.5) is 0 Å². The first-order valence-corrected chi connectivity index (χ1v) is 12.9. The fraction of sp³-hybridized carbons (Fsp3) is 0.556. The number of aromatic nitrogens is 4. The summed E-state index contributed by atoms with van der Waals surface area (Å²) in [6.45, 7) is 12.2. The molecule has 0 radical (unpaired) electrons. The number of likely N-dealkylation sites (N-methyl/N-ethyl adjacent to an activating group) is 1. The summed E-state index contributed by atoms with van der Waals surface area (Å²) in [6.07, 6.45) is 0.847. The molecule has 1 aromatic carbocycles. The van der Waals surface area contributed by atoms with Gasteiger partial charge in [0.1, 0.15) is 5.82 Å². The van der Waals surface area contributed by atoms with Gasteiger partial charge in [-0.05, 0) is 19.0 Å². The summed E-state index contributed by atoms with van der Waals surface area (Å²) < 4.78 is 4.80. The normalized spacial score (nSPS) is 15.1. The van der Waals surface area contributed by atoms with Gasteiger partial charge in [-0.3, -0.25) is 18.7 Å². The Morgan fingerprint density at radius 1 is 0.944 bits per heavy atom. The summed E-state index contributed by atoms with van der Waals surface area (Å²) in [5.41, 5.74) is 0.759. The Hall–Kier alpha value is -3.20. The van der Waals surface area contributed by atoms with Crippen LogP contribution in [0.15, 0.2) is 39.9 Å². The van der Waals surface area contributed by atoms with Crippen LogP contribution in [0.5, 0.6) is 0 Å². The number of rotatable bonds is 7. The Morgan fingerprint density at radius 3 is 2.22 bits per heavy atom. The van der Waals surface area contributed by atoms with Crippen LogP contribution in [-0.4, -0.2) is 67.6 Å². The van der Waals surface area contributed by atoms with Crippen molar-refractivity contribution in [1.29, 1.82) is 0 Å². The second kappa shape index (κ2) is 10.4. The lowest BCUT2D eigenvalue weighted by Crippen LogP contribution is -2.47. The summed E-state index contributed by atoms with van der Waals surface area (Å²) in [6, 6.07) is 9.95. The summed E-state index contributed by atoms with van der Waals surface area (Å²) in [5, 5.41) is 0. The van der Waals surface area contributed by atoms with Crippen molar-refractivity contribution in [3.8, 4) is 0 Å². The minimum absolute atomic E-state index is 0.0242. The smallest absolute Gasteiger partial charge is 0.332 e. The molecule has 0 bridgehead atoms. The maximum atomic E-state index is 13.7. The van der Waals surface area contributed by atoms with Crippen molar-refractivity contribution in [2.45, 2.75) is 65.6 Å². The number of hydrogen-bond acceptors (Lipinski definition) is 5. The first-order chi connectivity index (χ1) is 17.1. The quantitative estimate of drug-likeness (QED) is 0.503. The highest BCUT2D eigenvalue weighted by Gasteiger charge is 2.28. The van der Waals surface area contributed by atoms with E-state index in [-0.39, 0.29) is 29.8 Å². The van der Waals surface area contributed by atoms with Crippen LogP contribution in [-0.2, 0) is 29.8 Å². The summed E-state index contributed by atoms with van der Waals surface area (Å²) in [7, 11) is 2.05. The number of carbonyl (C=O) groups is 1. The first kappa shape index (κ1) is 25.9. The Morgan fingerprint density at radius 2 is 1.61 bits per heavy atom. The van der Waals surface area contributed by atoms with Crippen LogP contribution >= 0.6 is 0 Å². The predicted octanol–water partition coefficient (Wildman–Crippen LogP) is 2.28. The van der Waals surface area contributed by atoms with Gasteiger partial charge in [0, 0.05) is 57.6 Å². The number of benzene rings is 1. The van der Waals surface area contributed by atoms with Gasteiger partial charge in [-0.25, -0.2) is 9.78 Å². The number of piperazine rings is 1. The molecule has 0 saturated carbocycles. The molecule has 1 aliphatic heterocycles. The highest BCUT2D eigenvalue weighted by molar-refractivity contribution is 5.77. The largest absolute Gasteiger partial charge is 0.340 e. The second-order valence-electron chi connectivity index (χ2n) is 10.8. The van der Waals surface area contributed by atoms with Crippen LogP contribution in [0.2, 0.25) is 0 Å².